The molecule has 0 unspecified atom stereocenters. The van der Waals surface area contributed by atoms with E-state index in [0.29, 0.717) is 18.1 Å². The first-order valence-corrected chi connectivity index (χ1v) is 7.99. The summed E-state index contributed by atoms with van der Waals surface area (Å²) in [7, 11) is 0. The van der Waals surface area contributed by atoms with Crippen LogP contribution < -0.4 is 4.74 Å². The fourth-order valence-corrected chi connectivity index (χ4v) is 2.64. The van der Waals surface area contributed by atoms with Crippen molar-refractivity contribution in [3.63, 3.8) is 0 Å². The van der Waals surface area contributed by atoms with Gasteiger partial charge in [0.1, 0.15) is 6.10 Å². The number of ether oxygens (including phenoxy) is 1. The third-order valence-electron chi connectivity index (χ3n) is 4.14. The van der Waals surface area contributed by atoms with Crippen LogP contribution in [0.25, 0.3) is 0 Å². The van der Waals surface area contributed by atoms with Crippen LogP contribution in [0.4, 0.5) is 0 Å². The third-order valence-corrected chi connectivity index (χ3v) is 4.14. The van der Waals surface area contributed by atoms with Gasteiger partial charge >= 0.3 is 0 Å². The monoisotopic (exact) mass is 279 g/mol. The molecule has 0 saturated carbocycles. The second kappa shape index (κ2) is 6.61. The summed E-state index contributed by atoms with van der Waals surface area (Å²) in [5, 5.41) is 4.65. The summed E-state index contributed by atoms with van der Waals surface area (Å²) in [6, 6.07) is 0.381. The molecule has 0 bridgehead atoms. The highest BCUT2D eigenvalue weighted by atomic mass is 16.5. The van der Waals surface area contributed by atoms with Crippen LogP contribution in [-0.4, -0.2) is 40.4 Å². The fraction of sp³-hybridized carbons (Fsp3) is 0.812. The van der Waals surface area contributed by atoms with Crippen molar-refractivity contribution in [1.82, 2.24) is 14.7 Å². The first-order chi connectivity index (χ1) is 9.51. The standard InChI is InChI=1S/C16H29N3O/c1-6-18-9-7-14(8-10-18)20-16-15(12(2)3)11-19(17-16)13(4)5/h11-14H,6-10H2,1-5H3. The van der Waals surface area contributed by atoms with E-state index in [1.54, 1.807) is 0 Å². The van der Waals surface area contributed by atoms with E-state index in [-0.39, 0.29) is 0 Å². The number of hydrogen-bond acceptors (Lipinski definition) is 3. The van der Waals surface area contributed by atoms with Gasteiger partial charge in [0.05, 0.1) is 0 Å². The molecule has 0 aliphatic carbocycles. The molecule has 114 valence electrons. The second-order valence-corrected chi connectivity index (χ2v) is 6.37. The summed E-state index contributed by atoms with van der Waals surface area (Å²) in [6.07, 6.45) is 4.69. The Labute approximate surface area is 123 Å². The molecule has 2 rings (SSSR count). The molecule has 1 aliphatic heterocycles. The predicted molar refractivity (Wildman–Crippen MR) is 82.5 cm³/mol. The molecule has 20 heavy (non-hydrogen) atoms. The highest BCUT2D eigenvalue weighted by Crippen LogP contribution is 2.28. The van der Waals surface area contributed by atoms with E-state index in [2.05, 4.69) is 50.8 Å². The van der Waals surface area contributed by atoms with E-state index in [1.807, 2.05) is 4.68 Å². The average molecular weight is 279 g/mol. The van der Waals surface area contributed by atoms with E-state index in [0.717, 1.165) is 38.4 Å². The summed E-state index contributed by atoms with van der Waals surface area (Å²) in [6.45, 7) is 14.4. The molecule has 0 N–H and O–H groups in total. The zero-order valence-electron chi connectivity index (χ0n) is 13.6. The van der Waals surface area contributed by atoms with E-state index in [4.69, 9.17) is 4.74 Å². The largest absolute Gasteiger partial charge is 0.473 e. The van der Waals surface area contributed by atoms with Gasteiger partial charge in [-0.1, -0.05) is 20.8 Å². The normalized spacial score (nSPS) is 18.1. The van der Waals surface area contributed by atoms with Crippen LogP contribution in [0.5, 0.6) is 5.88 Å². The fourth-order valence-electron chi connectivity index (χ4n) is 2.64. The van der Waals surface area contributed by atoms with Crippen molar-refractivity contribution < 1.29 is 4.74 Å². The lowest BCUT2D eigenvalue weighted by molar-refractivity contribution is 0.0979. The van der Waals surface area contributed by atoms with Crippen molar-refractivity contribution >= 4 is 0 Å². The molecule has 4 heteroatoms. The van der Waals surface area contributed by atoms with Crippen LogP contribution in [0.3, 0.4) is 0 Å². The van der Waals surface area contributed by atoms with Crippen LogP contribution in [0, 0.1) is 0 Å². The predicted octanol–water partition coefficient (Wildman–Crippen LogP) is 3.45. The van der Waals surface area contributed by atoms with Crippen molar-refractivity contribution in [2.45, 2.75) is 65.5 Å². The first-order valence-electron chi connectivity index (χ1n) is 7.99. The van der Waals surface area contributed by atoms with Gasteiger partial charge in [-0.2, -0.15) is 0 Å². The number of aromatic nitrogens is 2. The minimum atomic E-state index is 0.325. The van der Waals surface area contributed by atoms with Crippen LogP contribution in [0.15, 0.2) is 6.20 Å². The average Bonchev–Trinajstić information content (AvgIpc) is 2.84. The minimum absolute atomic E-state index is 0.325. The Hall–Kier alpha value is -1.03. The van der Waals surface area contributed by atoms with Crippen LogP contribution >= 0.6 is 0 Å². The summed E-state index contributed by atoms with van der Waals surface area (Å²) in [5.41, 5.74) is 1.23. The van der Waals surface area contributed by atoms with Gasteiger partial charge in [-0.15, -0.1) is 5.10 Å². The van der Waals surface area contributed by atoms with Crippen molar-refractivity contribution in [3.05, 3.63) is 11.8 Å². The van der Waals surface area contributed by atoms with Gasteiger partial charge in [-0.25, -0.2) is 0 Å². The minimum Gasteiger partial charge on any atom is -0.473 e. The summed E-state index contributed by atoms with van der Waals surface area (Å²) in [5.74, 6) is 1.30. The molecule has 0 amide bonds. The van der Waals surface area contributed by atoms with E-state index < -0.39 is 0 Å². The topological polar surface area (TPSA) is 30.3 Å². The van der Waals surface area contributed by atoms with Gasteiger partial charge in [0.15, 0.2) is 0 Å². The zero-order valence-corrected chi connectivity index (χ0v) is 13.6. The van der Waals surface area contributed by atoms with Crippen molar-refractivity contribution in [2.75, 3.05) is 19.6 Å². The third kappa shape index (κ3) is 3.54. The first kappa shape index (κ1) is 15.4. The number of likely N-dealkylation sites (tertiary alicyclic amines) is 1. The summed E-state index contributed by atoms with van der Waals surface area (Å²) >= 11 is 0. The summed E-state index contributed by atoms with van der Waals surface area (Å²) in [4.78, 5) is 2.48. The highest BCUT2D eigenvalue weighted by molar-refractivity contribution is 5.27. The molecule has 1 aromatic heterocycles. The van der Waals surface area contributed by atoms with Crippen molar-refractivity contribution in [1.29, 1.82) is 0 Å². The number of rotatable bonds is 5. The zero-order chi connectivity index (χ0) is 14.7. The molecule has 4 nitrogen and oxygen atoms in total. The Balaban J connectivity index is 2.05. The summed E-state index contributed by atoms with van der Waals surface area (Å²) < 4.78 is 8.23. The van der Waals surface area contributed by atoms with Crippen LogP contribution in [0.2, 0.25) is 0 Å². The van der Waals surface area contributed by atoms with Crippen LogP contribution in [0.1, 0.15) is 65.0 Å². The Morgan fingerprint density at radius 2 is 1.90 bits per heavy atom. The molecule has 1 fully saturated rings. The SMILES string of the molecule is CCN1CCC(Oc2nn(C(C)C)cc2C(C)C)CC1. The Morgan fingerprint density at radius 3 is 2.40 bits per heavy atom. The number of nitrogens with zero attached hydrogens (tertiary/aromatic N) is 3. The maximum atomic E-state index is 6.21. The maximum absolute atomic E-state index is 6.21. The second-order valence-electron chi connectivity index (χ2n) is 6.37. The number of hydrogen-bond donors (Lipinski definition) is 0. The lowest BCUT2D eigenvalue weighted by atomic mass is 10.1. The van der Waals surface area contributed by atoms with Gasteiger partial charge in [-0.3, -0.25) is 4.68 Å². The van der Waals surface area contributed by atoms with Crippen LogP contribution in [-0.2, 0) is 0 Å². The molecule has 0 atom stereocenters. The van der Waals surface area contributed by atoms with E-state index in [9.17, 15) is 0 Å². The Bertz CT molecular complexity index is 417. The molecule has 1 saturated heterocycles. The Kier molecular flexibility index (Phi) is 5.08. The van der Waals surface area contributed by atoms with Gasteiger partial charge in [0.25, 0.3) is 0 Å². The molecule has 0 radical (unpaired) electrons. The molecular weight excluding hydrogens is 250 g/mol. The smallest absolute Gasteiger partial charge is 0.236 e. The van der Waals surface area contributed by atoms with E-state index >= 15 is 0 Å². The molecule has 0 spiro atoms. The quantitative estimate of drug-likeness (QED) is 0.827. The van der Waals surface area contributed by atoms with Gasteiger partial charge < -0.3 is 9.64 Å². The molecular formula is C16H29N3O. The Morgan fingerprint density at radius 1 is 1.25 bits per heavy atom. The molecule has 2 heterocycles. The highest BCUT2D eigenvalue weighted by Gasteiger charge is 2.23. The van der Waals surface area contributed by atoms with Gasteiger partial charge in [0.2, 0.25) is 5.88 Å². The van der Waals surface area contributed by atoms with Gasteiger partial charge in [-0.05, 0) is 39.2 Å². The molecule has 1 aromatic rings. The van der Waals surface area contributed by atoms with Crippen molar-refractivity contribution in [2.24, 2.45) is 0 Å². The van der Waals surface area contributed by atoms with E-state index in [1.165, 1.54) is 5.56 Å². The lowest BCUT2D eigenvalue weighted by Gasteiger charge is -2.31. The maximum Gasteiger partial charge on any atom is 0.236 e. The number of piperidine rings is 1. The van der Waals surface area contributed by atoms with Gasteiger partial charge in [0, 0.05) is 30.9 Å². The molecule has 1 aliphatic rings. The van der Waals surface area contributed by atoms with Crippen molar-refractivity contribution in [3.8, 4) is 5.88 Å². The molecule has 0 aromatic carbocycles. The lowest BCUT2D eigenvalue weighted by Crippen LogP contribution is -2.38.